The third-order valence-electron chi connectivity index (χ3n) is 3.37. The van der Waals surface area contributed by atoms with Gasteiger partial charge in [0, 0.05) is 17.1 Å². The number of carbonyl (C=O) groups is 2. The smallest absolute Gasteiger partial charge is 0.306 e. The molecule has 5 nitrogen and oxygen atoms in total. The zero-order valence-electron chi connectivity index (χ0n) is 13.2. The van der Waals surface area contributed by atoms with Crippen LogP contribution >= 0.6 is 22.9 Å². The van der Waals surface area contributed by atoms with Crippen LogP contribution in [0, 0.1) is 0 Å². The van der Waals surface area contributed by atoms with Crippen LogP contribution in [0.1, 0.15) is 11.4 Å². The molecule has 0 bridgehead atoms. The molecule has 1 aromatic heterocycles. The summed E-state index contributed by atoms with van der Waals surface area (Å²) < 4.78 is 6.09. The van der Waals surface area contributed by atoms with Gasteiger partial charge in [0.2, 0.25) is 0 Å². The topological polar surface area (TPSA) is 68.3 Å². The summed E-state index contributed by atoms with van der Waals surface area (Å²) in [5.74, 6) is -0.818. The number of fused-ring (bicyclic) bond motifs is 1. The molecule has 128 valence electrons. The Balaban J connectivity index is 1.43. The third kappa shape index (κ3) is 5.01. The van der Waals surface area contributed by atoms with Gasteiger partial charge < -0.3 is 10.1 Å². The van der Waals surface area contributed by atoms with Crippen LogP contribution in [0.2, 0.25) is 5.02 Å². The van der Waals surface area contributed by atoms with Gasteiger partial charge in [0.25, 0.3) is 5.91 Å². The standard InChI is InChI=1S/C18H15ClN2O3S/c19-12-5-7-13(8-6-12)20-16(22)11-24-18(23)10-9-17-21-14-3-1-2-4-15(14)25-17/h1-8H,9-11H2,(H,20,22). The number of nitrogens with zero attached hydrogens (tertiary/aromatic N) is 1. The molecule has 1 amide bonds. The molecule has 7 heteroatoms. The third-order valence-corrected chi connectivity index (χ3v) is 4.72. The van der Waals surface area contributed by atoms with Crippen molar-refractivity contribution in [2.75, 3.05) is 11.9 Å². The number of para-hydroxylation sites is 1. The number of hydrogen-bond donors (Lipinski definition) is 1. The van der Waals surface area contributed by atoms with Crippen LogP contribution < -0.4 is 5.32 Å². The molecular formula is C18H15ClN2O3S. The Bertz CT molecular complexity index is 860. The lowest BCUT2D eigenvalue weighted by Crippen LogP contribution is -2.21. The Morgan fingerprint density at radius 3 is 2.64 bits per heavy atom. The minimum atomic E-state index is -0.425. The molecule has 0 aliphatic carbocycles. The number of anilines is 1. The summed E-state index contributed by atoms with van der Waals surface area (Å²) in [7, 11) is 0. The number of aryl methyl sites for hydroxylation is 1. The van der Waals surface area contributed by atoms with Crippen molar-refractivity contribution in [2.45, 2.75) is 12.8 Å². The lowest BCUT2D eigenvalue weighted by atomic mass is 10.3. The molecule has 0 atom stereocenters. The van der Waals surface area contributed by atoms with Gasteiger partial charge in [-0.3, -0.25) is 9.59 Å². The van der Waals surface area contributed by atoms with Gasteiger partial charge in [-0.2, -0.15) is 0 Å². The second-order valence-electron chi connectivity index (χ2n) is 5.29. The minimum absolute atomic E-state index is 0.189. The van der Waals surface area contributed by atoms with Gasteiger partial charge in [-0.1, -0.05) is 23.7 Å². The molecule has 0 unspecified atom stereocenters. The van der Waals surface area contributed by atoms with E-state index >= 15 is 0 Å². The number of benzene rings is 2. The fourth-order valence-electron chi connectivity index (χ4n) is 2.18. The van der Waals surface area contributed by atoms with E-state index in [2.05, 4.69) is 10.3 Å². The van der Waals surface area contributed by atoms with Crippen LogP contribution in [0.15, 0.2) is 48.5 Å². The van der Waals surface area contributed by atoms with Gasteiger partial charge in [0.05, 0.1) is 21.6 Å². The second-order valence-corrected chi connectivity index (χ2v) is 6.84. The quantitative estimate of drug-likeness (QED) is 0.660. The maximum Gasteiger partial charge on any atom is 0.306 e. The van der Waals surface area contributed by atoms with Crippen molar-refractivity contribution in [3.8, 4) is 0 Å². The highest BCUT2D eigenvalue weighted by Gasteiger charge is 2.10. The van der Waals surface area contributed by atoms with Crippen molar-refractivity contribution in [3.63, 3.8) is 0 Å². The van der Waals surface area contributed by atoms with Gasteiger partial charge in [0.1, 0.15) is 0 Å². The largest absolute Gasteiger partial charge is 0.456 e. The summed E-state index contributed by atoms with van der Waals surface area (Å²) >= 11 is 7.33. The average Bonchev–Trinajstić information content (AvgIpc) is 3.03. The molecule has 0 spiro atoms. The van der Waals surface area contributed by atoms with E-state index in [-0.39, 0.29) is 13.0 Å². The molecule has 3 aromatic rings. The number of halogens is 1. The molecule has 1 N–H and O–H groups in total. The van der Waals surface area contributed by atoms with E-state index in [4.69, 9.17) is 16.3 Å². The molecule has 0 fully saturated rings. The van der Waals surface area contributed by atoms with Crippen LogP contribution in [-0.2, 0) is 20.7 Å². The van der Waals surface area contributed by atoms with E-state index < -0.39 is 11.9 Å². The van der Waals surface area contributed by atoms with Crippen molar-refractivity contribution in [1.29, 1.82) is 0 Å². The number of carbonyl (C=O) groups excluding carboxylic acids is 2. The van der Waals surface area contributed by atoms with E-state index in [9.17, 15) is 9.59 Å². The normalized spacial score (nSPS) is 10.6. The summed E-state index contributed by atoms with van der Waals surface area (Å²) in [5.41, 5.74) is 1.53. The van der Waals surface area contributed by atoms with Crippen LogP contribution in [0.4, 0.5) is 5.69 Å². The summed E-state index contributed by atoms with van der Waals surface area (Å²) in [6.45, 7) is -0.318. The molecule has 0 saturated heterocycles. The fraction of sp³-hybridized carbons (Fsp3) is 0.167. The summed E-state index contributed by atoms with van der Waals surface area (Å²) in [6.07, 6.45) is 0.686. The SMILES string of the molecule is O=C(COC(=O)CCc1nc2ccccc2s1)Nc1ccc(Cl)cc1. The lowest BCUT2D eigenvalue weighted by Gasteiger charge is -2.06. The van der Waals surface area contributed by atoms with Crippen LogP contribution in [0.3, 0.4) is 0 Å². The monoisotopic (exact) mass is 374 g/mol. The van der Waals surface area contributed by atoms with Gasteiger partial charge in [-0.25, -0.2) is 4.98 Å². The molecule has 0 aliphatic rings. The Morgan fingerprint density at radius 2 is 1.88 bits per heavy atom. The molecule has 0 aliphatic heterocycles. The summed E-state index contributed by atoms with van der Waals surface area (Å²) in [6, 6.07) is 14.5. The Morgan fingerprint density at radius 1 is 1.12 bits per heavy atom. The molecule has 0 saturated carbocycles. The van der Waals surface area contributed by atoms with Crippen LogP contribution in [0.25, 0.3) is 10.2 Å². The number of hydrogen-bond acceptors (Lipinski definition) is 5. The zero-order chi connectivity index (χ0) is 17.6. The van der Waals surface area contributed by atoms with Crippen molar-refractivity contribution in [2.24, 2.45) is 0 Å². The molecule has 3 rings (SSSR count). The number of esters is 1. The first kappa shape index (κ1) is 17.4. The maximum absolute atomic E-state index is 11.8. The molecular weight excluding hydrogens is 360 g/mol. The van der Waals surface area contributed by atoms with E-state index in [0.29, 0.717) is 17.1 Å². The fourth-order valence-corrected chi connectivity index (χ4v) is 3.28. The second kappa shape index (κ2) is 8.09. The summed E-state index contributed by atoms with van der Waals surface area (Å²) in [5, 5.41) is 4.09. The van der Waals surface area contributed by atoms with Crippen molar-refractivity contribution < 1.29 is 14.3 Å². The van der Waals surface area contributed by atoms with Crippen molar-refractivity contribution >= 4 is 50.7 Å². The number of nitrogens with one attached hydrogen (secondary N) is 1. The maximum atomic E-state index is 11.8. The van der Waals surface area contributed by atoms with Gasteiger partial charge in [-0.15, -0.1) is 11.3 Å². The highest BCUT2D eigenvalue weighted by molar-refractivity contribution is 7.18. The molecule has 25 heavy (non-hydrogen) atoms. The van der Waals surface area contributed by atoms with Crippen LogP contribution in [-0.4, -0.2) is 23.5 Å². The Labute approximate surface area is 153 Å². The predicted molar refractivity (Wildman–Crippen MR) is 99.0 cm³/mol. The van der Waals surface area contributed by atoms with Gasteiger partial charge >= 0.3 is 5.97 Å². The van der Waals surface area contributed by atoms with E-state index in [1.165, 1.54) is 0 Å². The van der Waals surface area contributed by atoms with Crippen molar-refractivity contribution in [3.05, 3.63) is 58.6 Å². The Hall–Kier alpha value is -2.44. The van der Waals surface area contributed by atoms with Crippen LogP contribution in [0.5, 0.6) is 0 Å². The molecule has 2 aromatic carbocycles. The number of aromatic nitrogens is 1. The van der Waals surface area contributed by atoms with E-state index in [1.54, 1.807) is 35.6 Å². The van der Waals surface area contributed by atoms with E-state index in [1.807, 2.05) is 24.3 Å². The summed E-state index contributed by atoms with van der Waals surface area (Å²) in [4.78, 5) is 28.0. The number of amides is 1. The van der Waals surface area contributed by atoms with Crippen molar-refractivity contribution in [1.82, 2.24) is 4.98 Å². The first-order chi connectivity index (χ1) is 12.1. The predicted octanol–water partition coefficient (Wildman–Crippen LogP) is 4.06. The number of rotatable bonds is 6. The zero-order valence-corrected chi connectivity index (χ0v) is 14.8. The molecule has 0 radical (unpaired) electrons. The van der Waals surface area contributed by atoms with Gasteiger partial charge in [-0.05, 0) is 36.4 Å². The first-order valence-corrected chi connectivity index (χ1v) is 8.85. The number of ether oxygens (including phenoxy) is 1. The Kier molecular flexibility index (Phi) is 5.63. The average molecular weight is 375 g/mol. The highest BCUT2D eigenvalue weighted by atomic mass is 35.5. The highest BCUT2D eigenvalue weighted by Crippen LogP contribution is 2.22. The first-order valence-electron chi connectivity index (χ1n) is 7.65. The molecule has 1 heterocycles. The van der Waals surface area contributed by atoms with E-state index in [0.717, 1.165) is 15.2 Å². The lowest BCUT2D eigenvalue weighted by molar-refractivity contribution is -0.147. The number of thiazole rings is 1. The van der Waals surface area contributed by atoms with Gasteiger partial charge in [0.15, 0.2) is 6.61 Å². The minimum Gasteiger partial charge on any atom is -0.456 e.